The van der Waals surface area contributed by atoms with Crippen molar-refractivity contribution in [1.29, 1.82) is 0 Å². The van der Waals surface area contributed by atoms with E-state index in [1.807, 2.05) is 45.9 Å². The molecule has 0 aromatic heterocycles. The van der Waals surface area contributed by atoms with Crippen LogP contribution in [0.2, 0.25) is 0 Å². The highest BCUT2D eigenvalue weighted by molar-refractivity contribution is 7.92. The average molecular weight is 552 g/mol. The van der Waals surface area contributed by atoms with Gasteiger partial charge < -0.3 is 15.0 Å². The lowest BCUT2D eigenvalue weighted by molar-refractivity contribution is -0.140. The van der Waals surface area contributed by atoms with Gasteiger partial charge in [-0.2, -0.15) is 0 Å². The summed E-state index contributed by atoms with van der Waals surface area (Å²) in [4.78, 5) is 28.7. The number of aryl methyl sites for hydroxylation is 1. The molecule has 3 aromatic rings. The maximum Gasteiger partial charge on any atom is 0.264 e. The van der Waals surface area contributed by atoms with E-state index >= 15 is 0 Å². The summed E-state index contributed by atoms with van der Waals surface area (Å²) in [5.74, 6) is -0.110. The van der Waals surface area contributed by atoms with Crippen molar-refractivity contribution in [3.05, 3.63) is 90.0 Å². The quantitative estimate of drug-likeness (QED) is 0.357. The van der Waals surface area contributed by atoms with Crippen molar-refractivity contribution >= 4 is 27.5 Å². The second-order valence-corrected chi connectivity index (χ2v) is 11.5. The number of methoxy groups -OCH3 is 1. The van der Waals surface area contributed by atoms with Crippen LogP contribution in [0.5, 0.6) is 5.75 Å². The molecule has 3 rings (SSSR count). The monoisotopic (exact) mass is 551 g/mol. The van der Waals surface area contributed by atoms with Crippen molar-refractivity contribution in [1.82, 2.24) is 10.2 Å². The van der Waals surface area contributed by atoms with Crippen LogP contribution in [0.25, 0.3) is 0 Å². The number of hydrogen-bond donors (Lipinski definition) is 1. The van der Waals surface area contributed by atoms with Crippen molar-refractivity contribution in [3.8, 4) is 5.75 Å². The molecule has 208 valence electrons. The van der Waals surface area contributed by atoms with Gasteiger partial charge in [0.2, 0.25) is 11.8 Å². The Morgan fingerprint density at radius 2 is 1.62 bits per heavy atom. The summed E-state index contributed by atoms with van der Waals surface area (Å²) in [5.41, 5.74) is 2.01. The molecule has 0 aliphatic rings. The second-order valence-electron chi connectivity index (χ2n) is 9.62. The van der Waals surface area contributed by atoms with Crippen molar-refractivity contribution in [2.75, 3.05) is 18.0 Å². The molecule has 9 heteroatoms. The number of nitrogens with one attached hydrogen (secondary N) is 1. The molecule has 1 atom stereocenters. The van der Waals surface area contributed by atoms with Crippen LogP contribution in [-0.4, -0.2) is 50.9 Å². The van der Waals surface area contributed by atoms with Gasteiger partial charge in [-0.25, -0.2) is 8.42 Å². The van der Waals surface area contributed by atoms with Gasteiger partial charge in [-0.15, -0.1) is 0 Å². The standard InChI is InChI=1S/C30H37N3O5S/c1-6-28(30(35)31-22(2)3)32(20-24-15-17-26(38-5)18-16-24)29(34)21-33(25-12-10-11-23(4)19-25)39(36,37)27-13-8-7-9-14-27/h7-19,22,28H,6,20-21H2,1-5H3,(H,31,35). The third kappa shape index (κ3) is 7.60. The zero-order valence-electron chi connectivity index (χ0n) is 23.1. The lowest BCUT2D eigenvalue weighted by Crippen LogP contribution is -2.53. The molecule has 0 saturated carbocycles. The van der Waals surface area contributed by atoms with Crippen LogP contribution >= 0.6 is 0 Å². The molecule has 0 heterocycles. The number of ether oxygens (including phenoxy) is 1. The summed E-state index contributed by atoms with van der Waals surface area (Å²) in [6.07, 6.45) is 0.357. The predicted octanol–water partition coefficient (Wildman–Crippen LogP) is 4.53. The Kier molecular flexibility index (Phi) is 10.1. The van der Waals surface area contributed by atoms with Crippen molar-refractivity contribution in [2.24, 2.45) is 0 Å². The lowest BCUT2D eigenvalue weighted by atomic mass is 10.1. The van der Waals surface area contributed by atoms with E-state index in [-0.39, 0.29) is 23.4 Å². The van der Waals surface area contributed by atoms with E-state index in [0.717, 1.165) is 15.4 Å². The summed E-state index contributed by atoms with van der Waals surface area (Å²) in [5, 5.41) is 2.90. The van der Waals surface area contributed by atoms with Crippen LogP contribution in [0.4, 0.5) is 5.69 Å². The molecule has 1 unspecified atom stereocenters. The zero-order chi connectivity index (χ0) is 28.6. The van der Waals surface area contributed by atoms with Gasteiger partial charge in [-0.05, 0) is 74.7 Å². The average Bonchev–Trinajstić information content (AvgIpc) is 2.91. The summed E-state index contributed by atoms with van der Waals surface area (Å²) < 4.78 is 34.0. The van der Waals surface area contributed by atoms with E-state index in [0.29, 0.717) is 17.9 Å². The summed E-state index contributed by atoms with van der Waals surface area (Å²) in [6.45, 7) is 7.05. The fourth-order valence-electron chi connectivity index (χ4n) is 4.26. The third-order valence-corrected chi connectivity index (χ3v) is 8.02. The predicted molar refractivity (Wildman–Crippen MR) is 153 cm³/mol. The molecule has 0 aliphatic carbocycles. The van der Waals surface area contributed by atoms with Gasteiger partial charge in [0.25, 0.3) is 10.0 Å². The molecule has 0 fully saturated rings. The third-order valence-electron chi connectivity index (χ3n) is 6.23. The highest BCUT2D eigenvalue weighted by atomic mass is 32.2. The van der Waals surface area contributed by atoms with Crippen LogP contribution in [0.15, 0.2) is 83.8 Å². The molecule has 0 radical (unpaired) electrons. The smallest absolute Gasteiger partial charge is 0.264 e. The van der Waals surface area contributed by atoms with Crippen molar-refractivity contribution in [2.45, 2.75) is 57.6 Å². The lowest BCUT2D eigenvalue weighted by Gasteiger charge is -2.33. The van der Waals surface area contributed by atoms with E-state index in [1.54, 1.807) is 55.6 Å². The summed E-state index contributed by atoms with van der Waals surface area (Å²) in [6, 6.07) is 21.3. The first-order valence-electron chi connectivity index (χ1n) is 12.9. The highest BCUT2D eigenvalue weighted by Gasteiger charge is 2.33. The van der Waals surface area contributed by atoms with E-state index in [2.05, 4.69) is 5.32 Å². The largest absolute Gasteiger partial charge is 0.497 e. The number of rotatable bonds is 12. The molecular weight excluding hydrogens is 514 g/mol. The maximum absolute atomic E-state index is 14.0. The Morgan fingerprint density at radius 3 is 2.18 bits per heavy atom. The first kappa shape index (κ1) is 29.7. The molecule has 2 amide bonds. The molecular formula is C30H37N3O5S. The Morgan fingerprint density at radius 1 is 0.949 bits per heavy atom. The Bertz CT molecular complexity index is 1360. The first-order chi connectivity index (χ1) is 18.6. The van der Waals surface area contributed by atoms with Gasteiger partial charge in [-0.3, -0.25) is 13.9 Å². The summed E-state index contributed by atoms with van der Waals surface area (Å²) in [7, 11) is -2.51. The van der Waals surface area contributed by atoms with E-state index in [4.69, 9.17) is 4.74 Å². The molecule has 3 aromatic carbocycles. The normalized spacial score (nSPS) is 12.1. The fourth-order valence-corrected chi connectivity index (χ4v) is 5.69. The van der Waals surface area contributed by atoms with Gasteiger partial charge in [-0.1, -0.05) is 49.4 Å². The molecule has 8 nitrogen and oxygen atoms in total. The van der Waals surface area contributed by atoms with Crippen LogP contribution in [0, 0.1) is 6.92 Å². The van der Waals surface area contributed by atoms with Crippen molar-refractivity contribution < 1.29 is 22.7 Å². The minimum absolute atomic E-state index is 0.0746. The number of amides is 2. The minimum Gasteiger partial charge on any atom is -0.497 e. The second kappa shape index (κ2) is 13.3. The Hall–Kier alpha value is -3.85. The van der Waals surface area contributed by atoms with Crippen LogP contribution in [0.1, 0.15) is 38.3 Å². The van der Waals surface area contributed by atoms with Gasteiger partial charge >= 0.3 is 0 Å². The molecule has 0 spiro atoms. The number of benzene rings is 3. The number of carbonyl (C=O) groups is 2. The van der Waals surface area contributed by atoms with Crippen LogP contribution in [-0.2, 0) is 26.2 Å². The topological polar surface area (TPSA) is 96.0 Å². The van der Waals surface area contributed by atoms with Crippen LogP contribution in [0.3, 0.4) is 0 Å². The maximum atomic E-state index is 14.0. The Balaban J connectivity index is 2.04. The van der Waals surface area contributed by atoms with E-state index in [1.165, 1.54) is 17.0 Å². The van der Waals surface area contributed by atoms with Crippen molar-refractivity contribution in [3.63, 3.8) is 0 Å². The van der Waals surface area contributed by atoms with Gasteiger partial charge in [0.15, 0.2) is 0 Å². The molecule has 0 saturated heterocycles. The van der Waals surface area contributed by atoms with Gasteiger partial charge in [0, 0.05) is 12.6 Å². The minimum atomic E-state index is -4.08. The molecule has 1 N–H and O–H groups in total. The summed E-state index contributed by atoms with van der Waals surface area (Å²) >= 11 is 0. The van der Waals surface area contributed by atoms with E-state index < -0.39 is 28.5 Å². The molecule has 39 heavy (non-hydrogen) atoms. The van der Waals surface area contributed by atoms with E-state index in [9.17, 15) is 18.0 Å². The number of sulfonamides is 1. The number of hydrogen-bond acceptors (Lipinski definition) is 5. The van der Waals surface area contributed by atoms with Gasteiger partial charge in [0.05, 0.1) is 17.7 Å². The number of anilines is 1. The van der Waals surface area contributed by atoms with Crippen LogP contribution < -0.4 is 14.4 Å². The first-order valence-corrected chi connectivity index (χ1v) is 14.4. The molecule has 0 bridgehead atoms. The highest BCUT2D eigenvalue weighted by Crippen LogP contribution is 2.26. The SMILES string of the molecule is CCC(C(=O)NC(C)C)N(Cc1ccc(OC)cc1)C(=O)CN(c1cccc(C)c1)S(=O)(=O)c1ccccc1. The Labute approximate surface area is 231 Å². The van der Waals surface area contributed by atoms with Gasteiger partial charge in [0.1, 0.15) is 18.3 Å². The molecule has 0 aliphatic heterocycles. The number of carbonyl (C=O) groups excluding carboxylic acids is 2. The fraction of sp³-hybridized carbons (Fsp3) is 0.333. The zero-order valence-corrected chi connectivity index (χ0v) is 23.9. The number of nitrogens with zero attached hydrogens (tertiary/aromatic N) is 2.